The summed E-state index contributed by atoms with van der Waals surface area (Å²) in [6.45, 7) is 3.58. The van der Waals surface area contributed by atoms with Gasteiger partial charge in [0.05, 0.1) is 12.7 Å². The third kappa shape index (κ3) is 6.26. The summed E-state index contributed by atoms with van der Waals surface area (Å²) in [5.74, 6) is 0. The van der Waals surface area contributed by atoms with Crippen LogP contribution in [-0.4, -0.2) is 30.7 Å². The lowest BCUT2D eigenvalue weighted by Gasteiger charge is -2.22. The molecular weight excluding hydrogens is 204 g/mol. The molecule has 0 radical (unpaired) electrons. The number of rotatable bonds is 7. The number of hydrogen-bond acceptors (Lipinski definition) is 3. The molecular formula is C13H24O3. The number of aliphatic hydroxyl groups is 1. The molecule has 0 spiro atoms. The van der Waals surface area contributed by atoms with Crippen LogP contribution in [0, 0.1) is 0 Å². The first-order valence-electron chi connectivity index (χ1n) is 6.41. The van der Waals surface area contributed by atoms with Crippen LogP contribution >= 0.6 is 0 Å². The van der Waals surface area contributed by atoms with Crippen LogP contribution in [0.3, 0.4) is 0 Å². The second kappa shape index (κ2) is 8.74. The van der Waals surface area contributed by atoms with E-state index >= 15 is 0 Å². The van der Waals surface area contributed by atoms with E-state index < -0.39 is 0 Å². The Labute approximate surface area is 98.4 Å². The van der Waals surface area contributed by atoms with Crippen molar-refractivity contribution in [1.29, 1.82) is 0 Å². The highest BCUT2D eigenvalue weighted by molar-refractivity contribution is 4.88. The van der Waals surface area contributed by atoms with E-state index in [1.807, 2.05) is 12.2 Å². The minimum atomic E-state index is -0.295. The molecule has 2 unspecified atom stereocenters. The van der Waals surface area contributed by atoms with E-state index in [9.17, 15) is 5.11 Å². The van der Waals surface area contributed by atoms with Gasteiger partial charge in [0, 0.05) is 6.61 Å². The summed E-state index contributed by atoms with van der Waals surface area (Å²) in [7, 11) is 0. The Hall–Kier alpha value is -0.380. The third-order valence-corrected chi connectivity index (χ3v) is 2.67. The topological polar surface area (TPSA) is 38.7 Å². The maximum absolute atomic E-state index is 9.44. The fourth-order valence-electron chi connectivity index (χ4n) is 1.76. The number of aliphatic hydroxyl groups excluding tert-OH is 1. The van der Waals surface area contributed by atoms with Crippen LogP contribution in [0.4, 0.5) is 0 Å². The molecule has 1 fully saturated rings. The molecule has 1 aliphatic rings. The van der Waals surface area contributed by atoms with Crippen molar-refractivity contribution < 1.29 is 14.6 Å². The van der Waals surface area contributed by atoms with Crippen LogP contribution < -0.4 is 0 Å². The highest BCUT2D eigenvalue weighted by Crippen LogP contribution is 2.13. The normalized spacial score (nSPS) is 23.8. The summed E-state index contributed by atoms with van der Waals surface area (Å²) in [6, 6.07) is 0. The summed E-state index contributed by atoms with van der Waals surface area (Å²) in [6.07, 6.45) is 9.62. The molecule has 94 valence electrons. The van der Waals surface area contributed by atoms with Crippen molar-refractivity contribution in [3.63, 3.8) is 0 Å². The van der Waals surface area contributed by atoms with Crippen molar-refractivity contribution >= 4 is 0 Å². The summed E-state index contributed by atoms with van der Waals surface area (Å²) >= 11 is 0. The van der Waals surface area contributed by atoms with Gasteiger partial charge in [-0.05, 0) is 32.1 Å². The average molecular weight is 228 g/mol. The van der Waals surface area contributed by atoms with Gasteiger partial charge in [-0.15, -0.1) is 0 Å². The molecule has 1 aliphatic heterocycles. The molecule has 2 atom stereocenters. The smallest absolute Gasteiger partial charge is 0.157 e. The van der Waals surface area contributed by atoms with Gasteiger partial charge in [0.2, 0.25) is 0 Å². The molecule has 0 aliphatic carbocycles. The van der Waals surface area contributed by atoms with Crippen LogP contribution in [0.2, 0.25) is 0 Å². The Morgan fingerprint density at radius 3 is 3.06 bits per heavy atom. The molecule has 0 bridgehead atoms. The maximum Gasteiger partial charge on any atom is 0.157 e. The Balaban J connectivity index is 1.97. The van der Waals surface area contributed by atoms with Crippen LogP contribution in [0.1, 0.15) is 45.4 Å². The highest BCUT2D eigenvalue weighted by atomic mass is 16.7. The minimum Gasteiger partial charge on any atom is -0.389 e. The van der Waals surface area contributed by atoms with Gasteiger partial charge in [-0.2, -0.15) is 0 Å². The average Bonchev–Trinajstić information content (AvgIpc) is 2.30. The van der Waals surface area contributed by atoms with E-state index in [2.05, 4.69) is 6.92 Å². The Kier molecular flexibility index (Phi) is 7.47. The molecule has 0 aromatic rings. The molecule has 1 rings (SSSR count). The van der Waals surface area contributed by atoms with Crippen molar-refractivity contribution in [2.45, 2.75) is 57.8 Å². The molecule has 3 nitrogen and oxygen atoms in total. The first-order valence-corrected chi connectivity index (χ1v) is 6.41. The van der Waals surface area contributed by atoms with Crippen molar-refractivity contribution in [3.8, 4) is 0 Å². The second-order valence-corrected chi connectivity index (χ2v) is 4.24. The third-order valence-electron chi connectivity index (χ3n) is 2.67. The zero-order valence-electron chi connectivity index (χ0n) is 10.2. The van der Waals surface area contributed by atoms with E-state index in [1.165, 1.54) is 6.42 Å². The second-order valence-electron chi connectivity index (χ2n) is 4.24. The van der Waals surface area contributed by atoms with Gasteiger partial charge in [0.15, 0.2) is 6.29 Å². The van der Waals surface area contributed by atoms with E-state index in [1.54, 1.807) is 0 Å². The lowest BCUT2D eigenvalue weighted by atomic mass is 10.2. The van der Waals surface area contributed by atoms with E-state index in [0.717, 1.165) is 38.7 Å². The summed E-state index contributed by atoms with van der Waals surface area (Å²) in [5, 5.41) is 9.44. The van der Waals surface area contributed by atoms with Gasteiger partial charge < -0.3 is 14.6 Å². The van der Waals surface area contributed by atoms with Crippen molar-refractivity contribution in [1.82, 2.24) is 0 Å². The van der Waals surface area contributed by atoms with E-state index in [4.69, 9.17) is 9.47 Å². The Bertz CT molecular complexity index is 186. The molecule has 0 saturated carbocycles. The van der Waals surface area contributed by atoms with Crippen molar-refractivity contribution in [2.24, 2.45) is 0 Å². The summed E-state index contributed by atoms with van der Waals surface area (Å²) in [5.41, 5.74) is 0. The van der Waals surface area contributed by atoms with Gasteiger partial charge >= 0.3 is 0 Å². The first-order chi connectivity index (χ1) is 7.83. The van der Waals surface area contributed by atoms with Crippen LogP contribution in [0.25, 0.3) is 0 Å². The van der Waals surface area contributed by atoms with Crippen LogP contribution in [0.5, 0.6) is 0 Å². The van der Waals surface area contributed by atoms with Gasteiger partial charge in [-0.3, -0.25) is 0 Å². The Morgan fingerprint density at radius 2 is 2.38 bits per heavy atom. The number of ether oxygens (including phenoxy) is 2. The standard InChI is InChI=1S/C13H24O3/c1-2-7-12(14)8-3-5-10-15-13-9-4-6-11-16-13/h3,8,12-14H,2,4-7,9-11H2,1H3/b8-3+. The van der Waals surface area contributed by atoms with Crippen molar-refractivity contribution in [2.75, 3.05) is 13.2 Å². The lowest BCUT2D eigenvalue weighted by Crippen LogP contribution is -2.22. The van der Waals surface area contributed by atoms with E-state index in [0.29, 0.717) is 6.61 Å². The molecule has 1 saturated heterocycles. The molecule has 1 heterocycles. The number of hydrogen-bond donors (Lipinski definition) is 1. The molecule has 0 aromatic carbocycles. The van der Waals surface area contributed by atoms with Crippen molar-refractivity contribution in [3.05, 3.63) is 12.2 Å². The quantitative estimate of drug-likeness (QED) is 0.538. The van der Waals surface area contributed by atoms with E-state index in [-0.39, 0.29) is 12.4 Å². The lowest BCUT2D eigenvalue weighted by molar-refractivity contribution is -0.161. The maximum atomic E-state index is 9.44. The minimum absolute atomic E-state index is 0.00251. The fraction of sp³-hybridized carbons (Fsp3) is 0.846. The molecule has 0 aromatic heterocycles. The van der Waals surface area contributed by atoms with Crippen LogP contribution in [0.15, 0.2) is 12.2 Å². The van der Waals surface area contributed by atoms with Crippen LogP contribution in [-0.2, 0) is 9.47 Å². The van der Waals surface area contributed by atoms with Gasteiger partial charge in [0.25, 0.3) is 0 Å². The zero-order valence-corrected chi connectivity index (χ0v) is 10.2. The predicted octanol–water partition coefficient (Wildman–Crippen LogP) is 2.64. The fourth-order valence-corrected chi connectivity index (χ4v) is 1.76. The van der Waals surface area contributed by atoms with Gasteiger partial charge in [-0.25, -0.2) is 0 Å². The summed E-state index contributed by atoms with van der Waals surface area (Å²) in [4.78, 5) is 0. The first kappa shape index (κ1) is 13.7. The molecule has 1 N–H and O–H groups in total. The summed E-state index contributed by atoms with van der Waals surface area (Å²) < 4.78 is 11.0. The largest absolute Gasteiger partial charge is 0.389 e. The Morgan fingerprint density at radius 1 is 1.50 bits per heavy atom. The molecule has 0 amide bonds. The van der Waals surface area contributed by atoms with Gasteiger partial charge in [-0.1, -0.05) is 25.5 Å². The highest BCUT2D eigenvalue weighted by Gasteiger charge is 2.12. The molecule has 16 heavy (non-hydrogen) atoms. The molecule has 3 heteroatoms. The monoisotopic (exact) mass is 228 g/mol. The van der Waals surface area contributed by atoms with Gasteiger partial charge in [0.1, 0.15) is 0 Å². The SMILES string of the molecule is CCCC(O)/C=C/CCOC1CCCCO1. The predicted molar refractivity (Wildman–Crippen MR) is 64.2 cm³/mol. The zero-order chi connectivity index (χ0) is 11.6.